The van der Waals surface area contributed by atoms with E-state index in [4.69, 9.17) is 47.0 Å². The van der Waals surface area contributed by atoms with Gasteiger partial charge in [0, 0.05) is 29.8 Å². The van der Waals surface area contributed by atoms with E-state index in [0.29, 0.717) is 11.1 Å². The van der Waals surface area contributed by atoms with Crippen LogP contribution in [0.1, 0.15) is 22.8 Å². The van der Waals surface area contributed by atoms with Gasteiger partial charge in [-0.1, -0.05) is 0 Å². The molecule has 384 valence electrons. The second-order valence-electron chi connectivity index (χ2n) is 16.2. The summed E-state index contributed by atoms with van der Waals surface area (Å²) in [6.07, 6.45) is -12.7. The first-order valence-electron chi connectivity index (χ1n) is 21.7. The van der Waals surface area contributed by atoms with Gasteiger partial charge in [0.25, 0.3) is 0 Å². The smallest absolute Gasteiger partial charge is 0.336 e. The van der Waals surface area contributed by atoms with Crippen molar-refractivity contribution in [3.63, 3.8) is 0 Å². The fourth-order valence-electron chi connectivity index (χ4n) is 7.82. The van der Waals surface area contributed by atoms with Gasteiger partial charge >= 0.3 is 11.9 Å². The summed E-state index contributed by atoms with van der Waals surface area (Å²) in [6.45, 7) is -1.44. The van der Waals surface area contributed by atoms with Crippen LogP contribution in [-0.4, -0.2) is 160 Å². The molecule has 23 heteroatoms. The zero-order chi connectivity index (χ0) is 52.1. The van der Waals surface area contributed by atoms with Crippen molar-refractivity contribution < 1.29 is 108 Å². The van der Waals surface area contributed by atoms with Gasteiger partial charge in [-0.15, -0.1) is 0 Å². The average molecular weight is 1010 g/mol. The number of aromatic hydroxyl groups is 3. The van der Waals surface area contributed by atoms with Crippen molar-refractivity contribution in [3.05, 3.63) is 99.7 Å². The number of aliphatic hydroxyl groups is 7. The highest BCUT2D eigenvalue weighted by Crippen LogP contribution is 2.46. The van der Waals surface area contributed by atoms with E-state index in [-0.39, 0.29) is 57.2 Å². The largest absolute Gasteiger partial charge is 0.506 e. The summed E-state index contributed by atoms with van der Waals surface area (Å²) in [6, 6.07) is 13.3. The molecule has 0 amide bonds. The monoisotopic (exact) mass is 1010 g/mol. The van der Waals surface area contributed by atoms with E-state index in [2.05, 4.69) is 0 Å². The molecule has 0 radical (unpaired) electrons. The maximum absolute atomic E-state index is 13.8. The average Bonchev–Trinajstić information content (AvgIpc) is 3.37. The van der Waals surface area contributed by atoms with Crippen LogP contribution < -0.4 is 33.8 Å². The minimum absolute atomic E-state index is 0.0196. The molecule has 0 saturated carbocycles. The van der Waals surface area contributed by atoms with Gasteiger partial charge in [0.05, 0.1) is 40.6 Å². The Hall–Kier alpha value is -7.45. The first-order valence-corrected chi connectivity index (χ1v) is 21.7. The minimum atomic E-state index is -2.00. The first-order chi connectivity index (χ1) is 34.4. The van der Waals surface area contributed by atoms with Gasteiger partial charge in [-0.2, -0.15) is 0 Å². The van der Waals surface area contributed by atoms with Crippen LogP contribution >= 0.6 is 0 Å². The van der Waals surface area contributed by atoms with E-state index < -0.39 is 114 Å². The molecule has 0 spiro atoms. The SMILES string of the molecule is COc1cc(C=CC(=O)OCC2OC(Oc3ccc(-c4cc(=O)c5c(O)c(C6OC(CO)C(O)C(O)C6O)c(OC(=O)C=Cc6cc(OC)c(O)c(OC)c6)cc5o4)cc3)C(O)C(O)C2O)cc(OC)c1O. The van der Waals surface area contributed by atoms with Crippen LogP contribution in [-0.2, 0) is 23.8 Å². The number of rotatable bonds is 16. The minimum Gasteiger partial charge on any atom is -0.506 e. The van der Waals surface area contributed by atoms with Crippen LogP contribution in [0.15, 0.2) is 82.0 Å². The number of fused-ring (bicyclic) bond motifs is 1. The third-order valence-corrected chi connectivity index (χ3v) is 11.7. The summed E-state index contributed by atoms with van der Waals surface area (Å²) in [5.41, 5.74) is -0.765. The molecule has 23 nitrogen and oxygen atoms in total. The number of hydrogen-bond acceptors (Lipinski definition) is 23. The fourth-order valence-corrected chi connectivity index (χ4v) is 7.82. The number of ether oxygens (including phenoxy) is 9. The number of phenolic OH excluding ortho intramolecular Hbond substituents is 3. The van der Waals surface area contributed by atoms with Gasteiger partial charge in [0.1, 0.15) is 95.5 Å². The van der Waals surface area contributed by atoms with Crippen molar-refractivity contribution in [1.82, 2.24) is 0 Å². The van der Waals surface area contributed by atoms with Crippen molar-refractivity contribution in [3.8, 4) is 63.1 Å². The lowest BCUT2D eigenvalue weighted by atomic mass is 9.89. The first kappa shape index (κ1) is 52.4. The van der Waals surface area contributed by atoms with Crippen LogP contribution in [0.25, 0.3) is 34.4 Å². The molecular formula is C49H50O23. The summed E-state index contributed by atoms with van der Waals surface area (Å²) < 4.78 is 54.6. The van der Waals surface area contributed by atoms with Crippen molar-refractivity contribution in [2.75, 3.05) is 41.7 Å². The van der Waals surface area contributed by atoms with Gasteiger partial charge < -0.3 is 98.1 Å². The zero-order valence-corrected chi connectivity index (χ0v) is 38.5. The molecule has 10 unspecified atom stereocenters. The number of hydrogen-bond donors (Lipinski definition) is 10. The van der Waals surface area contributed by atoms with Gasteiger partial charge in [0.2, 0.25) is 17.8 Å². The number of phenols is 3. The molecule has 7 rings (SSSR count). The van der Waals surface area contributed by atoms with Crippen molar-refractivity contribution >= 4 is 35.1 Å². The number of carbonyl (C=O) groups is 2. The molecule has 2 aliphatic rings. The van der Waals surface area contributed by atoms with Gasteiger partial charge in [-0.3, -0.25) is 4.79 Å². The lowest BCUT2D eigenvalue weighted by Crippen LogP contribution is -2.60. The topological polar surface area (TPSA) is 350 Å². The molecular weight excluding hydrogens is 957 g/mol. The third kappa shape index (κ3) is 10.9. The lowest BCUT2D eigenvalue weighted by Gasteiger charge is -2.40. The van der Waals surface area contributed by atoms with Gasteiger partial charge in [-0.25, -0.2) is 9.59 Å². The second-order valence-corrected chi connectivity index (χ2v) is 16.2. The van der Waals surface area contributed by atoms with Crippen LogP contribution in [0.4, 0.5) is 0 Å². The van der Waals surface area contributed by atoms with Crippen molar-refractivity contribution in [2.45, 2.75) is 61.2 Å². The third-order valence-electron chi connectivity index (χ3n) is 11.7. The molecule has 5 aromatic rings. The van der Waals surface area contributed by atoms with Crippen LogP contribution in [0.2, 0.25) is 0 Å². The Morgan fingerprint density at radius 1 is 0.611 bits per heavy atom. The van der Waals surface area contributed by atoms with Gasteiger partial charge in [0.15, 0.2) is 28.4 Å². The van der Waals surface area contributed by atoms with E-state index in [1.165, 1.54) is 89.1 Å². The summed E-state index contributed by atoms with van der Waals surface area (Å²) >= 11 is 0. The lowest BCUT2D eigenvalue weighted by molar-refractivity contribution is -0.278. The number of benzene rings is 4. The standard InChI is InChI=1S/C49H50O23/c1-63-29-13-21(14-30(64-2)39(29)54)5-11-35(52)67-20-34-42(57)45(60)47(62)49(72-34)68-24-9-7-23(8-10-24)26-17-25(51)37-27(69-26)18-28(38(43(37)58)48-46(61)44(59)41(56)33(19-50)71-48)70-36(53)12-6-22-15-31(65-3)40(55)32(16-22)66-4/h5-18,33-34,41-42,44-50,54-62H,19-20H2,1-4H3. The molecule has 0 bridgehead atoms. The Balaban J connectivity index is 1.12. The number of carbonyl (C=O) groups excluding carboxylic acids is 2. The van der Waals surface area contributed by atoms with Crippen molar-refractivity contribution in [1.29, 1.82) is 0 Å². The molecule has 72 heavy (non-hydrogen) atoms. The van der Waals surface area contributed by atoms with Crippen LogP contribution in [0.5, 0.6) is 51.7 Å². The molecule has 10 atom stereocenters. The Bertz CT molecular complexity index is 2840. The van der Waals surface area contributed by atoms with Crippen molar-refractivity contribution in [2.24, 2.45) is 0 Å². The summed E-state index contributed by atoms with van der Waals surface area (Å²) in [5, 5.41) is 106. The van der Waals surface area contributed by atoms with E-state index in [1.54, 1.807) is 0 Å². The molecule has 2 saturated heterocycles. The van der Waals surface area contributed by atoms with E-state index >= 15 is 0 Å². The molecule has 10 N–H and O–H groups in total. The number of aliphatic hydroxyl groups excluding tert-OH is 7. The van der Waals surface area contributed by atoms with Crippen LogP contribution in [0.3, 0.4) is 0 Å². The molecule has 4 aromatic carbocycles. The normalized spacial score (nSPS) is 24.3. The summed E-state index contributed by atoms with van der Waals surface area (Å²) in [5.74, 6) is -3.80. The summed E-state index contributed by atoms with van der Waals surface area (Å²) in [4.78, 5) is 39.8. The molecule has 2 aliphatic heterocycles. The molecule has 0 aliphatic carbocycles. The number of methoxy groups -OCH3 is 4. The summed E-state index contributed by atoms with van der Waals surface area (Å²) in [7, 11) is 5.27. The van der Waals surface area contributed by atoms with E-state index in [0.717, 1.165) is 24.3 Å². The Labute approximate surface area is 407 Å². The Kier molecular flexibility index (Phi) is 16.2. The number of esters is 2. The van der Waals surface area contributed by atoms with Crippen LogP contribution in [0, 0.1) is 0 Å². The predicted octanol–water partition coefficient (Wildman–Crippen LogP) is 1.19. The Morgan fingerprint density at radius 3 is 1.68 bits per heavy atom. The zero-order valence-electron chi connectivity index (χ0n) is 38.5. The van der Waals surface area contributed by atoms with E-state index in [9.17, 15) is 65.4 Å². The fraction of sp³-hybridized carbons (Fsp3) is 0.327. The highest BCUT2D eigenvalue weighted by Gasteiger charge is 2.47. The van der Waals surface area contributed by atoms with Gasteiger partial charge in [-0.05, 0) is 71.8 Å². The second kappa shape index (κ2) is 22.3. The highest BCUT2D eigenvalue weighted by atomic mass is 16.7. The molecule has 1 aromatic heterocycles. The molecule has 2 fully saturated rings. The maximum atomic E-state index is 13.8. The maximum Gasteiger partial charge on any atom is 0.336 e. The highest BCUT2D eigenvalue weighted by molar-refractivity contribution is 5.93. The Morgan fingerprint density at radius 2 is 1.14 bits per heavy atom. The van der Waals surface area contributed by atoms with E-state index in [1.807, 2.05) is 0 Å². The predicted molar refractivity (Wildman–Crippen MR) is 247 cm³/mol. The quantitative estimate of drug-likeness (QED) is 0.0377. The molecule has 3 heterocycles.